The largest absolute Gasteiger partial charge is 0.369 e. The Labute approximate surface area is 239 Å². The number of fused-ring (bicyclic) bond motifs is 1. The summed E-state index contributed by atoms with van der Waals surface area (Å²) in [5.74, 6) is -0.569. The van der Waals surface area contributed by atoms with E-state index in [-0.39, 0.29) is 29.7 Å². The molecule has 210 valence electrons. The molecule has 0 unspecified atom stereocenters. The van der Waals surface area contributed by atoms with E-state index >= 15 is 0 Å². The van der Waals surface area contributed by atoms with E-state index in [0.29, 0.717) is 12.1 Å². The van der Waals surface area contributed by atoms with Crippen LogP contribution in [0.1, 0.15) is 64.9 Å². The third-order valence-electron chi connectivity index (χ3n) is 8.73. The molecule has 3 aromatic rings. The summed E-state index contributed by atoms with van der Waals surface area (Å²) < 4.78 is 13.3. The number of carbonyl (C=O) groups excluding carboxylic acids is 2. The first-order chi connectivity index (χ1) is 19.6. The van der Waals surface area contributed by atoms with Crippen LogP contribution >= 0.6 is 11.3 Å². The zero-order chi connectivity index (χ0) is 27.5. The third-order valence-corrected chi connectivity index (χ3v) is 9.67. The van der Waals surface area contributed by atoms with Crippen LogP contribution in [-0.2, 0) is 4.79 Å². The van der Waals surface area contributed by atoms with Crippen molar-refractivity contribution in [2.75, 3.05) is 44.2 Å². The fourth-order valence-electron chi connectivity index (χ4n) is 6.69. The lowest BCUT2D eigenvalue weighted by atomic mass is 9.80. The zero-order valence-electron chi connectivity index (χ0n) is 22.8. The molecule has 6 nitrogen and oxygen atoms in total. The van der Waals surface area contributed by atoms with E-state index in [0.717, 1.165) is 81.0 Å². The number of halogens is 1. The second-order valence-electron chi connectivity index (χ2n) is 11.1. The SMILES string of the molecule is O=C(NCCCN1CCN(c2ccc(F)cc2)CC1)[C@H]1c2ccccc2C(=O)N(C2CCCC2)[C@@H]1c1cccs1. The number of anilines is 1. The number of hydrogen-bond acceptors (Lipinski definition) is 5. The summed E-state index contributed by atoms with van der Waals surface area (Å²) in [4.78, 5) is 35.6. The minimum Gasteiger partial charge on any atom is -0.369 e. The number of rotatable bonds is 8. The van der Waals surface area contributed by atoms with Gasteiger partial charge in [0.05, 0.1) is 12.0 Å². The predicted octanol–water partition coefficient (Wildman–Crippen LogP) is 5.44. The molecular formula is C32H37FN4O2S. The van der Waals surface area contributed by atoms with E-state index in [4.69, 9.17) is 0 Å². The summed E-state index contributed by atoms with van der Waals surface area (Å²) in [6, 6.07) is 18.4. The Hall–Kier alpha value is -3.23. The van der Waals surface area contributed by atoms with Gasteiger partial charge in [-0.1, -0.05) is 37.1 Å². The molecule has 6 rings (SSSR count). The molecule has 2 atom stereocenters. The summed E-state index contributed by atoms with van der Waals surface area (Å²) in [5, 5.41) is 5.29. The van der Waals surface area contributed by atoms with Crippen LogP contribution in [0.25, 0.3) is 0 Å². The highest BCUT2D eigenvalue weighted by Crippen LogP contribution is 2.47. The number of carbonyl (C=O) groups is 2. The summed E-state index contributed by atoms with van der Waals surface area (Å²) in [7, 11) is 0. The van der Waals surface area contributed by atoms with Gasteiger partial charge in [-0.05, 0) is 73.1 Å². The lowest BCUT2D eigenvalue weighted by molar-refractivity contribution is -0.124. The first-order valence-corrected chi connectivity index (χ1v) is 15.4. The summed E-state index contributed by atoms with van der Waals surface area (Å²) >= 11 is 1.63. The molecule has 0 bridgehead atoms. The van der Waals surface area contributed by atoms with Gasteiger partial charge in [-0.2, -0.15) is 0 Å². The van der Waals surface area contributed by atoms with Crippen LogP contribution in [0.15, 0.2) is 66.0 Å². The molecule has 8 heteroatoms. The minimum atomic E-state index is -0.424. The number of benzene rings is 2. The second-order valence-corrected chi connectivity index (χ2v) is 12.1. The van der Waals surface area contributed by atoms with Crippen molar-refractivity contribution in [3.63, 3.8) is 0 Å². The quantitative estimate of drug-likeness (QED) is 0.373. The first kappa shape index (κ1) is 27.0. The fraction of sp³-hybridized carbons (Fsp3) is 0.438. The molecule has 2 amide bonds. The van der Waals surface area contributed by atoms with Gasteiger partial charge in [0, 0.05) is 54.9 Å². The Bertz CT molecular complexity index is 1300. The number of thiophene rings is 1. The van der Waals surface area contributed by atoms with Gasteiger partial charge < -0.3 is 15.1 Å². The Kier molecular flexibility index (Phi) is 8.16. The zero-order valence-corrected chi connectivity index (χ0v) is 23.6. The van der Waals surface area contributed by atoms with Crippen molar-refractivity contribution in [1.29, 1.82) is 0 Å². The Balaban J connectivity index is 1.10. The van der Waals surface area contributed by atoms with Crippen LogP contribution in [0.3, 0.4) is 0 Å². The molecule has 3 heterocycles. The normalized spacial score (nSPS) is 22.0. The maximum atomic E-state index is 13.9. The van der Waals surface area contributed by atoms with E-state index in [2.05, 4.69) is 21.2 Å². The van der Waals surface area contributed by atoms with Gasteiger partial charge in [-0.15, -0.1) is 11.3 Å². The van der Waals surface area contributed by atoms with Crippen LogP contribution < -0.4 is 10.2 Å². The molecule has 2 aliphatic heterocycles. The molecule has 3 aliphatic rings. The molecule has 40 heavy (non-hydrogen) atoms. The highest BCUT2D eigenvalue weighted by Gasteiger charge is 2.47. The number of nitrogens with one attached hydrogen (secondary N) is 1. The molecule has 0 radical (unpaired) electrons. The van der Waals surface area contributed by atoms with Crippen molar-refractivity contribution in [3.05, 3.63) is 87.9 Å². The van der Waals surface area contributed by atoms with Crippen molar-refractivity contribution in [2.45, 2.75) is 50.1 Å². The lowest BCUT2D eigenvalue weighted by Gasteiger charge is -2.44. The van der Waals surface area contributed by atoms with Crippen LogP contribution in [-0.4, -0.2) is 66.9 Å². The van der Waals surface area contributed by atoms with Gasteiger partial charge in [-0.3, -0.25) is 14.5 Å². The number of amides is 2. The second kappa shape index (κ2) is 12.1. The highest BCUT2D eigenvalue weighted by molar-refractivity contribution is 7.10. The van der Waals surface area contributed by atoms with E-state index in [1.165, 1.54) is 12.1 Å². The van der Waals surface area contributed by atoms with Gasteiger partial charge in [0.25, 0.3) is 5.91 Å². The fourth-order valence-corrected chi connectivity index (χ4v) is 7.55. The minimum absolute atomic E-state index is 0.00229. The summed E-state index contributed by atoms with van der Waals surface area (Å²) in [6.45, 7) is 5.22. The summed E-state index contributed by atoms with van der Waals surface area (Å²) in [5.41, 5.74) is 2.57. The van der Waals surface area contributed by atoms with Crippen LogP contribution in [0.2, 0.25) is 0 Å². The lowest BCUT2D eigenvalue weighted by Crippen LogP contribution is -2.51. The standard InChI is InChI=1S/C32H37FN4O2S/c33-23-12-14-24(15-13-23)36-20-18-35(19-21-36)17-6-16-34-31(38)29-26-9-3-4-10-27(26)32(39)37(25-7-1-2-8-25)30(29)28-11-5-22-40-28/h3-5,9-15,22,25,29-30H,1-2,6-8,16-21H2,(H,34,38)/t29-,30+/m0/s1. The molecule has 1 saturated heterocycles. The van der Waals surface area contributed by atoms with E-state index < -0.39 is 5.92 Å². The molecule has 2 fully saturated rings. The number of nitrogens with zero attached hydrogens (tertiary/aromatic N) is 3. The average Bonchev–Trinajstić information content (AvgIpc) is 3.71. The molecule has 1 N–H and O–H groups in total. The van der Waals surface area contributed by atoms with Crippen molar-refractivity contribution in [1.82, 2.24) is 15.1 Å². The van der Waals surface area contributed by atoms with Crippen LogP contribution in [0, 0.1) is 5.82 Å². The Morgan fingerprint density at radius 1 is 0.950 bits per heavy atom. The van der Waals surface area contributed by atoms with Crippen molar-refractivity contribution in [2.24, 2.45) is 0 Å². The molecular weight excluding hydrogens is 523 g/mol. The van der Waals surface area contributed by atoms with Crippen LogP contribution in [0.5, 0.6) is 0 Å². The highest BCUT2D eigenvalue weighted by atomic mass is 32.1. The topological polar surface area (TPSA) is 55.9 Å². The molecule has 2 aromatic carbocycles. The molecule has 1 saturated carbocycles. The van der Waals surface area contributed by atoms with Gasteiger partial charge in [0.1, 0.15) is 5.82 Å². The van der Waals surface area contributed by atoms with Gasteiger partial charge in [0.2, 0.25) is 5.91 Å². The maximum absolute atomic E-state index is 13.9. The Morgan fingerprint density at radius 3 is 2.42 bits per heavy atom. The number of hydrogen-bond donors (Lipinski definition) is 1. The van der Waals surface area contributed by atoms with E-state index in [9.17, 15) is 14.0 Å². The summed E-state index contributed by atoms with van der Waals surface area (Å²) in [6.07, 6.45) is 5.12. The molecule has 1 aliphatic carbocycles. The van der Waals surface area contributed by atoms with Crippen molar-refractivity contribution >= 4 is 28.8 Å². The first-order valence-electron chi connectivity index (χ1n) is 14.6. The van der Waals surface area contributed by atoms with Gasteiger partial charge >= 0.3 is 0 Å². The van der Waals surface area contributed by atoms with Crippen molar-refractivity contribution < 1.29 is 14.0 Å². The van der Waals surface area contributed by atoms with Gasteiger partial charge in [-0.25, -0.2) is 4.39 Å². The maximum Gasteiger partial charge on any atom is 0.254 e. The van der Waals surface area contributed by atoms with Crippen LogP contribution in [0.4, 0.5) is 10.1 Å². The van der Waals surface area contributed by atoms with Gasteiger partial charge in [0.15, 0.2) is 0 Å². The average molecular weight is 561 g/mol. The monoisotopic (exact) mass is 560 g/mol. The smallest absolute Gasteiger partial charge is 0.254 e. The predicted molar refractivity (Wildman–Crippen MR) is 157 cm³/mol. The Morgan fingerprint density at radius 2 is 1.70 bits per heavy atom. The van der Waals surface area contributed by atoms with Crippen molar-refractivity contribution in [3.8, 4) is 0 Å². The van der Waals surface area contributed by atoms with E-state index in [1.807, 2.05) is 52.7 Å². The number of piperazine rings is 1. The third kappa shape index (κ3) is 5.52. The molecule has 0 spiro atoms. The molecule has 1 aromatic heterocycles. The van der Waals surface area contributed by atoms with E-state index in [1.54, 1.807) is 11.3 Å².